The molecule has 0 unspecified atom stereocenters. The van der Waals surface area contributed by atoms with Crippen molar-refractivity contribution in [1.82, 2.24) is 14.7 Å². The van der Waals surface area contributed by atoms with Crippen LogP contribution in [-0.2, 0) is 16.0 Å². The van der Waals surface area contributed by atoms with E-state index < -0.39 is 5.60 Å². The zero-order valence-corrected chi connectivity index (χ0v) is 18.3. The zero-order chi connectivity index (χ0) is 20.5. The summed E-state index contributed by atoms with van der Waals surface area (Å²) >= 11 is 3.51. The van der Waals surface area contributed by atoms with Crippen molar-refractivity contribution < 1.29 is 19.1 Å². The van der Waals surface area contributed by atoms with E-state index in [0.717, 1.165) is 34.8 Å². The van der Waals surface area contributed by atoms with E-state index in [9.17, 15) is 9.59 Å². The number of esters is 1. The number of ether oxygens (including phenoxy) is 2. The van der Waals surface area contributed by atoms with Crippen LogP contribution in [-0.4, -0.2) is 52.5 Å². The molecular weight excluding hydrogens is 426 g/mol. The van der Waals surface area contributed by atoms with E-state index in [1.54, 1.807) is 17.2 Å². The van der Waals surface area contributed by atoms with Gasteiger partial charge in [-0.3, -0.25) is 4.68 Å². The van der Waals surface area contributed by atoms with Gasteiger partial charge in [0.05, 0.1) is 24.4 Å². The van der Waals surface area contributed by atoms with Crippen LogP contribution in [0.1, 0.15) is 44.0 Å². The molecule has 2 heterocycles. The van der Waals surface area contributed by atoms with Gasteiger partial charge in [0.25, 0.3) is 0 Å². The van der Waals surface area contributed by atoms with Crippen molar-refractivity contribution in [3.8, 4) is 0 Å². The van der Waals surface area contributed by atoms with Gasteiger partial charge in [-0.15, -0.1) is 0 Å². The van der Waals surface area contributed by atoms with Crippen LogP contribution in [0.25, 0.3) is 10.9 Å². The average Bonchev–Trinajstić information content (AvgIpc) is 3.03. The van der Waals surface area contributed by atoms with Crippen LogP contribution in [0.15, 0.2) is 22.8 Å². The number of halogens is 1. The number of methoxy groups -OCH3 is 1. The Morgan fingerprint density at radius 1 is 1.25 bits per heavy atom. The second-order valence-electron chi connectivity index (χ2n) is 8.12. The first-order chi connectivity index (χ1) is 13.2. The van der Waals surface area contributed by atoms with Crippen molar-refractivity contribution >= 4 is 38.9 Å². The first-order valence-corrected chi connectivity index (χ1v) is 10.2. The largest absolute Gasteiger partial charge is 0.465 e. The van der Waals surface area contributed by atoms with Gasteiger partial charge in [-0.05, 0) is 51.7 Å². The predicted molar refractivity (Wildman–Crippen MR) is 109 cm³/mol. The molecule has 1 aliphatic heterocycles. The van der Waals surface area contributed by atoms with Crippen LogP contribution in [0.2, 0.25) is 0 Å². The number of piperidine rings is 1. The van der Waals surface area contributed by atoms with E-state index in [1.165, 1.54) is 7.11 Å². The van der Waals surface area contributed by atoms with Gasteiger partial charge in [-0.2, -0.15) is 5.10 Å². The molecule has 0 bridgehead atoms. The lowest BCUT2D eigenvalue weighted by Gasteiger charge is -2.33. The number of rotatable bonds is 3. The van der Waals surface area contributed by atoms with Crippen LogP contribution in [0.3, 0.4) is 0 Å². The molecule has 8 heteroatoms. The van der Waals surface area contributed by atoms with Crippen molar-refractivity contribution in [1.29, 1.82) is 0 Å². The van der Waals surface area contributed by atoms with Crippen molar-refractivity contribution in [3.63, 3.8) is 0 Å². The Kier molecular flexibility index (Phi) is 5.98. The van der Waals surface area contributed by atoms with Crippen LogP contribution in [0, 0.1) is 5.92 Å². The highest BCUT2D eigenvalue weighted by Crippen LogP contribution is 2.28. The Morgan fingerprint density at radius 2 is 1.93 bits per heavy atom. The molecular formula is C20H26BrN3O4. The van der Waals surface area contributed by atoms with Crippen LogP contribution in [0.5, 0.6) is 0 Å². The molecule has 1 aliphatic rings. The maximum Gasteiger partial charge on any atom is 0.410 e. The van der Waals surface area contributed by atoms with Gasteiger partial charge in [0.1, 0.15) is 5.60 Å². The summed E-state index contributed by atoms with van der Waals surface area (Å²) in [4.78, 5) is 25.9. The quantitative estimate of drug-likeness (QED) is 0.652. The third-order valence-electron chi connectivity index (χ3n) is 4.83. The fourth-order valence-corrected chi connectivity index (χ4v) is 3.94. The van der Waals surface area contributed by atoms with E-state index in [4.69, 9.17) is 9.47 Å². The second-order valence-corrected chi connectivity index (χ2v) is 8.97. The second kappa shape index (κ2) is 8.11. The van der Waals surface area contributed by atoms with Crippen LogP contribution >= 0.6 is 15.9 Å². The molecule has 0 saturated carbocycles. The summed E-state index contributed by atoms with van der Waals surface area (Å²) < 4.78 is 13.0. The number of nitrogens with zero attached hydrogens (tertiary/aromatic N) is 3. The molecule has 1 aromatic heterocycles. The first kappa shape index (κ1) is 20.6. The Bertz CT molecular complexity index is 879. The summed E-state index contributed by atoms with van der Waals surface area (Å²) in [6, 6.07) is 3.56. The number of hydrogen-bond acceptors (Lipinski definition) is 5. The van der Waals surface area contributed by atoms with Gasteiger partial charge in [-0.1, -0.05) is 15.9 Å². The highest BCUT2D eigenvalue weighted by molar-refractivity contribution is 9.10. The molecule has 0 aliphatic carbocycles. The summed E-state index contributed by atoms with van der Waals surface area (Å²) in [5.41, 5.74) is 0.903. The number of amides is 1. The summed E-state index contributed by atoms with van der Waals surface area (Å²) in [6.07, 6.45) is 3.33. The minimum absolute atomic E-state index is 0.248. The van der Waals surface area contributed by atoms with Crippen molar-refractivity contribution in [2.24, 2.45) is 5.92 Å². The maximum atomic E-state index is 12.2. The van der Waals surface area contributed by atoms with E-state index in [-0.39, 0.29) is 12.1 Å². The third kappa shape index (κ3) is 4.66. The van der Waals surface area contributed by atoms with Crippen molar-refractivity contribution in [2.45, 2.75) is 45.8 Å². The van der Waals surface area contributed by atoms with Crippen molar-refractivity contribution in [2.75, 3.05) is 20.2 Å². The lowest BCUT2D eigenvalue weighted by molar-refractivity contribution is 0.0177. The first-order valence-electron chi connectivity index (χ1n) is 9.39. The number of aromatic nitrogens is 2. The summed E-state index contributed by atoms with van der Waals surface area (Å²) in [7, 11) is 1.37. The Hall–Kier alpha value is -2.09. The standard InChI is InChI=1S/C20H26BrN3O4/c1-20(2,3)28-19(26)23-7-5-13(6-8-23)12-24-17-10-14(18(25)27-4)9-16(21)15(17)11-22-24/h9-11,13H,5-8,12H2,1-4H3. The summed E-state index contributed by atoms with van der Waals surface area (Å²) in [5, 5.41) is 5.47. The van der Waals surface area contributed by atoms with Gasteiger partial charge in [-0.25, -0.2) is 9.59 Å². The number of hydrogen-bond donors (Lipinski definition) is 0. The molecule has 0 spiro atoms. The minimum Gasteiger partial charge on any atom is -0.465 e. The molecule has 7 nitrogen and oxygen atoms in total. The Morgan fingerprint density at radius 3 is 2.54 bits per heavy atom. The molecule has 2 aromatic rings. The Balaban J connectivity index is 1.68. The molecule has 0 N–H and O–H groups in total. The number of benzene rings is 1. The minimum atomic E-state index is -0.480. The molecule has 28 heavy (non-hydrogen) atoms. The van der Waals surface area contributed by atoms with Gasteiger partial charge in [0.15, 0.2) is 0 Å². The Labute approximate surface area is 173 Å². The maximum absolute atomic E-state index is 12.2. The molecule has 1 saturated heterocycles. The van der Waals surface area contributed by atoms with Gasteiger partial charge >= 0.3 is 12.1 Å². The molecule has 1 fully saturated rings. The number of likely N-dealkylation sites (tertiary alicyclic amines) is 1. The summed E-state index contributed by atoms with van der Waals surface area (Å²) in [6.45, 7) is 7.72. The summed E-state index contributed by atoms with van der Waals surface area (Å²) in [5.74, 6) is 0.0309. The lowest BCUT2D eigenvalue weighted by atomic mass is 9.97. The van der Waals surface area contributed by atoms with Crippen LogP contribution < -0.4 is 0 Å². The fraction of sp³-hybridized carbons (Fsp3) is 0.550. The van der Waals surface area contributed by atoms with Gasteiger partial charge in [0.2, 0.25) is 0 Å². The molecule has 0 atom stereocenters. The monoisotopic (exact) mass is 451 g/mol. The number of carbonyl (C=O) groups excluding carboxylic acids is 2. The molecule has 0 radical (unpaired) electrons. The van der Waals surface area contributed by atoms with E-state index >= 15 is 0 Å². The highest BCUT2D eigenvalue weighted by atomic mass is 79.9. The van der Waals surface area contributed by atoms with Crippen LogP contribution in [0.4, 0.5) is 4.79 Å². The number of carbonyl (C=O) groups is 2. The normalized spacial score (nSPS) is 15.7. The molecule has 1 amide bonds. The van der Waals surface area contributed by atoms with E-state index in [0.29, 0.717) is 24.6 Å². The van der Waals surface area contributed by atoms with Crippen molar-refractivity contribution in [3.05, 3.63) is 28.4 Å². The van der Waals surface area contributed by atoms with Gasteiger partial charge < -0.3 is 14.4 Å². The topological polar surface area (TPSA) is 73.7 Å². The predicted octanol–water partition coefficient (Wildman–Crippen LogP) is 4.23. The highest BCUT2D eigenvalue weighted by Gasteiger charge is 2.27. The molecule has 3 rings (SSSR count). The van der Waals surface area contributed by atoms with E-state index in [1.807, 2.05) is 31.5 Å². The third-order valence-corrected chi connectivity index (χ3v) is 5.49. The van der Waals surface area contributed by atoms with E-state index in [2.05, 4.69) is 21.0 Å². The average molecular weight is 452 g/mol. The fourth-order valence-electron chi connectivity index (χ4n) is 3.38. The zero-order valence-electron chi connectivity index (χ0n) is 16.7. The van der Waals surface area contributed by atoms with Gasteiger partial charge in [0, 0.05) is 29.5 Å². The number of fused-ring (bicyclic) bond motifs is 1. The molecule has 152 valence electrons. The SMILES string of the molecule is COC(=O)c1cc(Br)c2cnn(CC3CCN(C(=O)OC(C)(C)C)CC3)c2c1. The lowest BCUT2D eigenvalue weighted by Crippen LogP contribution is -2.42. The molecule has 1 aromatic carbocycles. The smallest absolute Gasteiger partial charge is 0.410 e.